The van der Waals surface area contributed by atoms with Crippen LogP contribution >= 0.6 is 0 Å². The first-order valence-corrected chi connectivity index (χ1v) is 23.7. The predicted molar refractivity (Wildman–Crippen MR) is 247 cm³/mol. The number of hydrogen-bond donors (Lipinski definition) is 0. The van der Waals surface area contributed by atoms with E-state index < -0.39 is 0 Å². The Balaban J connectivity index is 1.65. The van der Waals surface area contributed by atoms with Gasteiger partial charge in [-0.15, -0.1) is 16.6 Å². The van der Waals surface area contributed by atoms with Gasteiger partial charge in [-0.25, -0.2) is 0 Å². The number of unbranched alkanes of at least 4 members (excludes halogenated alkanes) is 25. The van der Waals surface area contributed by atoms with Gasteiger partial charge in [0.1, 0.15) is 5.57 Å². The summed E-state index contributed by atoms with van der Waals surface area (Å²) < 4.78 is 0. The Bertz CT molecular complexity index is 1470. The Morgan fingerprint density at radius 3 is 1.64 bits per heavy atom. The zero-order valence-corrected chi connectivity index (χ0v) is 36.7. The molecule has 0 radical (unpaired) electrons. The van der Waals surface area contributed by atoms with Crippen LogP contribution in [0, 0.1) is 11.8 Å². The predicted octanol–water partition coefficient (Wildman–Crippen LogP) is 17.0. The molecule has 308 valence electrons. The third-order valence-electron chi connectivity index (χ3n) is 11.1. The molecule has 0 aliphatic carbocycles. The van der Waals surface area contributed by atoms with Crippen LogP contribution in [0.15, 0.2) is 72.3 Å². The monoisotopic (exact) mass is 759 g/mol. The zero-order valence-electron chi connectivity index (χ0n) is 36.7. The smallest absolute Gasteiger partial charge is 0.307 e. The van der Waals surface area contributed by atoms with Gasteiger partial charge in [0.15, 0.2) is 0 Å². The molecule has 0 saturated heterocycles. The van der Waals surface area contributed by atoms with Crippen LogP contribution in [-0.2, 0) is 12.8 Å². The minimum Gasteiger partial charge on any atom is -0.348 e. The van der Waals surface area contributed by atoms with Crippen molar-refractivity contribution >= 4 is 11.4 Å². The summed E-state index contributed by atoms with van der Waals surface area (Å²) in [5, 5.41) is 0. The molecule has 2 nitrogen and oxygen atoms in total. The van der Waals surface area contributed by atoms with Crippen molar-refractivity contribution in [3.63, 3.8) is 0 Å². The van der Waals surface area contributed by atoms with Gasteiger partial charge in [-0.1, -0.05) is 223 Å². The number of benzene rings is 2. The lowest BCUT2D eigenvalue weighted by Crippen LogP contribution is -1.98. The van der Waals surface area contributed by atoms with E-state index in [1.165, 1.54) is 176 Å². The van der Waals surface area contributed by atoms with Gasteiger partial charge in [0.25, 0.3) is 0 Å². The fourth-order valence-electron chi connectivity index (χ4n) is 7.67. The van der Waals surface area contributed by atoms with Gasteiger partial charge in [0, 0.05) is 12.8 Å². The highest BCUT2D eigenvalue weighted by Gasteiger charge is 2.12. The van der Waals surface area contributed by atoms with Crippen molar-refractivity contribution in [2.45, 2.75) is 220 Å². The van der Waals surface area contributed by atoms with Crippen molar-refractivity contribution in [1.82, 2.24) is 0 Å². The molecule has 0 aliphatic rings. The van der Waals surface area contributed by atoms with Crippen molar-refractivity contribution in [3.05, 3.63) is 100 Å². The summed E-state index contributed by atoms with van der Waals surface area (Å²) in [7, 11) is 0. The largest absolute Gasteiger partial charge is 0.348 e. The normalized spacial score (nSPS) is 11.4. The third-order valence-corrected chi connectivity index (χ3v) is 11.1. The first-order chi connectivity index (χ1) is 27.7. The van der Waals surface area contributed by atoms with Crippen LogP contribution in [-0.4, -0.2) is 10.7 Å². The summed E-state index contributed by atoms with van der Waals surface area (Å²) in [4.78, 5) is 3.28. The second kappa shape index (κ2) is 36.0. The average molecular weight is 759 g/mol. The summed E-state index contributed by atoms with van der Waals surface area (Å²) in [6.07, 6.45) is 47.1. The zero-order chi connectivity index (χ0) is 40.0. The van der Waals surface area contributed by atoms with Crippen LogP contribution in [0.25, 0.3) is 11.1 Å². The third kappa shape index (κ3) is 25.0. The molecular weight excluding hydrogens is 677 g/mol. The molecule has 2 rings (SSSR count). The molecule has 0 atom stereocenters. The quantitative estimate of drug-likeness (QED) is 0.0170. The first kappa shape index (κ1) is 48.8. The molecule has 2 aromatic rings. The molecule has 2 heteroatoms. The Morgan fingerprint density at radius 2 is 1.09 bits per heavy atom. The van der Waals surface area contributed by atoms with Gasteiger partial charge >= 0.3 is 5.87 Å². The van der Waals surface area contributed by atoms with Crippen molar-refractivity contribution in [3.8, 4) is 11.8 Å². The Hall–Kier alpha value is -3.36. The van der Waals surface area contributed by atoms with Crippen molar-refractivity contribution < 1.29 is 4.79 Å². The Morgan fingerprint density at radius 1 is 0.554 bits per heavy atom. The van der Waals surface area contributed by atoms with Crippen LogP contribution < -0.4 is 0 Å². The Kier molecular flexibility index (Phi) is 31.4. The minimum absolute atomic E-state index is 0.769. The molecule has 0 fully saturated rings. The summed E-state index contributed by atoms with van der Waals surface area (Å²) >= 11 is 0. The maximum absolute atomic E-state index is 9.42. The molecule has 0 aliphatic heterocycles. The lowest BCUT2D eigenvalue weighted by atomic mass is 9.89. The molecule has 0 aromatic heterocycles. The number of rotatable bonds is 34. The van der Waals surface area contributed by atoms with E-state index in [0.717, 1.165) is 56.1 Å². The number of allylic oxidation sites excluding steroid dienone is 4. The van der Waals surface area contributed by atoms with Crippen LogP contribution in [0.5, 0.6) is 0 Å². The minimum atomic E-state index is 0.769. The maximum atomic E-state index is 9.42. The number of hydrogen-bond acceptors (Lipinski definition) is 0. The van der Waals surface area contributed by atoms with E-state index >= 15 is 0 Å². The fraction of sp³-hybridized carbons (Fsp3) is 0.630. The van der Waals surface area contributed by atoms with Gasteiger partial charge in [-0.3, -0.25) is 0 Å². The SMILES string of the molecule is CCCC=CC(=C=[N+]=[N-])C=C(c1cccc(CCCC)c1)c1ccccc1CCCC#CCCCCCCCCCCCCCCCCCCCCCCCC. The van der Waals surface area contributed by atoms with Gasteiger partial charge in [0.05, 0.1) is 0 Å². The van der Waals surface area contributed by atoms with E-state index in [9.17, 15) is 5.53 Å². The molecule has 0 saturated carbocycles. The highest BCUT2D eigenvalue weighted by molar-refractivity contribution is 5.85. The van der Waals surface area contributed by atoms with Crippen LogP contribution in [0.4, 0.5) is 0 Å². The molecule has 0 unspecified atom stereocenters. The fourth-order valence-corrected chi connectivity index (χ4v) is 7.67. The summed E-state index contributed by atoms with van der Waals surface area (Å²) in [6, 6.07) is 17.7. The molecule has 0 bridgehead atoms. The van der Waals surface area contributed by atoms with Gasteiger partial charge < -0.3 is 5.53 Å². The van der Waals surface area contributed by atoms with Crippen molar-refractivity contribution in [2.24, 2.45) is 0 Å². The molecule has 0 spiro atoms. The van der Waals surface area contributed by atoms with E-state index in [0.29, 0.717) is 0 Å². The maximum Gasteiger partial charge on any atom is 0.307 e. The van der Waals surface area contributed by atoms with Crippen LogP contribution in [0.2, 0.25) is 0 Å². The second-order valence-corrected chi connectivity index (χ2v) is 16.3. The molecule has 2 aromatic carbocycles. The van der Waals surface area contributed by atoms with Gasteiger partial charge in [-0.05, 0) is 78.5 Å². The van der Waals surface area contributed by atoms with E-state index in [-0.39, 0.29) is 0 Å². The average Bonchev–Trinajstić information content (AvgIpc) is 3.22. The highest BCUT2D eigenvalue weighted by Crippen LogP contribution is 2.30. The van der Waals surface area contributed by atoms with Gasteiger partial charge in [-0.2, -0.15) is 0 Å². The highest BCUT2D eigenvalue weighted by atomic mass is 14.8. The van der Waals surface area contributed by atoms with Gasteiger partial charge in [0.2, 0.25) is 0 Å². The van der Waals surface area contributed by atoms with E-state index in [1.54, 1.807) is 0 Å². The Labute approximate surface area is 346 Å². The number of nitrogens with zero attached hydrogens (tertiary/aromatic N) is 2. The summed E-state index contributed by atoms with van der Waals surface area (Å²) in [5.41, 5.74) is 16.4. The summed E-state index contributed by atoms with van der Waals surface area (Å²) in [5.74, 6) is 9.76. The standard InChI is InChI=1S/C54H82N2/c1-4-7-10-11-12-13-14-15-16-17-18-19-20-21-22-23-24-25-26-27-28-29-30-31-32-33-35-42-51-43-36-37-45-53(51)54(47-50(48-56-55)40-34-8-5-2)52-44-38-41-49(46-52)39-9-6-3/h34,36-38,40-41,43-47H,4-30,33,35,39,42H2,1-3H3. The van der Waals surface area contributed by atoms with Crippen LogP contribution in [0.1, 0.15) is 229 Å². The second-order valence-electron chi connectivity index (χ2n) is 16.3. The lowest BCUT2D eigenvalue weighted by molar-refractivity contribution is 0.00772. The van der Waals surface area contributed by atoms with Crippen molar-refractivity contribution in [2.75, 3.05) is 0 Å². The van der Waals surface area contributed by atoms with E-state index in [4.69, 9.17) is 0 Å². The molecule has 56 heavy (non-hydrogen) atoms. The first-order valence-electron chi connectivity index (χ1n) is 23.7. The molecule has 0 amide bonds. The van der Waals surface area contributed by atoms with Crippen molar-refractivity contribution in [1.29, 1.82) is 0 Å². The molecular formula is C54H82N2. The molecule has 0 heterocycles. The van der Waals surface area contributed by atoms with Crippen LogP contribution in [0.3, 0.4) is 0 Å². The van der Waals surface area contributed by atoms with E-state index in [1.807, 2.05) is 6.08 Å². The van der Waals surface area contributed by atoms with E-state index in [2.05, 4.69) is 104 Å². The summed E-state index contributed by atoms with van der Waals surface area (Å²) in [6.45, 7) is 6.71. The topological polar surface area (TPSA) is 36.4 Å². The lowest BCUT2D eigenvalue weighted by Gasteiger charge is -2.15. The number of aryl methyl sites for hydroxylation is 2. The molecule has 0 N–H and O–H groups in total.